The van der Waals surface area contributed by atoms with Crippen LogP contribution in [0.3, 0.4) is 0 Å². The van der Waals surface area contributed by atoms with Crippen molar-refractivity contribution in [1.29, 1.82) is 0 Å². The van der Waals surface area contributed by atoms with Crippen molar-refractivity contribution in [3.8, 4) is 0 Å². The lowest BCUT2D eigenvalue weighted by atomic mass is 9.75. The van der Waals surface area contributed by atoms with Crippen molar-refractivity contribution in [1.82, 2.24) is 5.32 Å². The number of nitrogens with zero attached hydrogens (tertiary/aromatic N) is 1. The lowest BCUT2D eigenvalue weighted by Crippen LogP contribution is -2.53. The molecule has 2 aliphatic rings. The number of nitrogens with one attached hydrogen (secondary N) is 1. The van der Waals surface area contributed by atoms with Gasteiger partial charge in [-0.2, -0.15) is 0 Å². The van der Waals surface area contributed by atoms with E-state index in [1.165, 1.54) is 31.4 Å². The molecule has 0 saturated carbocycles. The largest absolute Gasteiger partial charge is 0.467 e. The number of carbonyl (C=O) groups is 3. The molecule has 34 heavy (non-hydrogen) atoms. The van der Waals surface area contributed by atoms with Gasteiger partial charge in [-0.1, -0.05) is 54.6 Å². The third-order valence-corrected chi connectivity index (χ3v) is 6.90. The molecule has 0 spiro atoms. The molecule has 0 bridgehead atoms. The predicted octanol–water partition coefficient (Wildman–Crippen LogP) is 3.65. The second kappa shape index (κ2) is 8.18. The average Bonchev–Trinajstić information content (AvgIpc) is 3.34. The Kier molecular flexibility index (Phi) is 5.29. The van der Waals surface area contributed by atoms with Gasteiger partial charge in [0.15, 0.2) is 5.54 Å². The maximum atomic E-state index is 13.9. The molecule has 3 aromatic rings. The molecular weight excluding hydrogens is 435 g/mol. The zero-order chi connectivity index (χ0) is 24.0. The monoisotopic (exact) mass is 458 g/mol. The highest BCUT2D eigenvalue weighted by molar-refractivity contribution is 6.24. The van der Waals surface area contributed by atoms with Crippen molar-refractivity contribution in [2.45, 2.75) is 18.5 Å². The molecule has 0 radical (unpaired) electrons. The van der Waals surface area contributed by atoms with E-state index in [1.54, 1.807) is 24.3 Å². The summed E-state index contributed by atoms with van der Waals surface area (Å²) in [5.41, 5.74) is 0.972. The number of aryl methyl sites for hydroxylation is 1. The van der Waals surface area contributed by atoms with Gasteiger partial charge in [0.05, 0.1) is 24.6 Å². The van der Waals surface area contributed by atoms with Gasteiger partial charge >= 0.3 is 5.97 Å². The first-order valence-electron chi connectivity index (χ1n) is 11.0. The first-order chi connectivity index (χ1) is 16.4. The predicted molar refractivity (Wildman–Crippen MR) is 123 cm³/mol. The third kappa shape index (κ3) is 3.08. The van der Waals surface area contributed by atoms with E-state index >= 15 is 0 Å². The number of amides is 2. The molecule has 2 heterocycles. The van der Waals surface area contributed by atoms with Crippen molar-refractivity contribution in [3.05, 3.63) is 101 Å². The highest BCUT2D eigenvalue weighted by Gasteiger charge is 2.69. The fourth-order valence-corrected chi connectivity index (χ4v) is 5.39. The van der Waals surface area contributed by atoms with Crippen molar-refractivity contribution in [2.75, 3.05) is 12.0 Å². The van der Waals surface area contributed by atoms with Gasteiger partial charge in [-0.15, -0.1) is 0 Å². The van der Waals surface area contributed by atoms with Crippen LogP contribution in [0.5, 0.6) is 0 Å². The third-order valence-electron chi connectivity index (χ3n) is 6.90. The number of halogens is 1. The molecule has 4 unspecified atom stereocenters. The molecule has 2 saturated heterocycles. The number of methoxy groups -OCH3 is 1. The van der Waals surface area contributed by atoms with E-state index in [9.17, 15) is 18.8 Å². The van der Waals surface area contributed by atoms with Crippen LogP contribution in [0.4, 0.5) is 10.1 Å². The maximum absolute atomic E-state index is 13.9. The molecule has 172 valence electrons. The summed E-state index contributed by atoms with van der Waals surface area (Å²) in [4.78, 5) is 42.3. The van der Waals surface area contributed by atoms with Crippen molar-refractivity contribution >= 4 is 23.5 Å². The number of esters is 1. The Hall–Kier alpha value is -3.84. The average molecular weight is 458 g/mol. The molecule has 5 rings (SSSR count). The summed E-state index contributed by atoms with van der Waals surface area (Å²) in [6.45, 7) is 1.92. The van der Waals surface area contributed by atoms with Gasteiger partial charge < -0.3 is 4.74 Å². The molecule has 1 N–H and O–H groups in total. The summed E-state index contributed by atoms with van der Waals surface area (Å²) in [6, 6.07) is 21.0. The van der Waals surface area contributed by atoms with Crippen LogP contribution >= 0.6 is 0 Å². The summed E-state index contributed by atoms with van der Waals surface area (Å²) >= 11 is 0. The first-order valence-corrected chi connectivity index (χ1v) is 11.0. The van der Waals surface area contributed by atoms with Gasteiger partial charge in [0.1, 0.15) is 5.82 Å². The molecule has 3 aromatic carbocycles. The van der Waals surface area contributed by atoms with E-state index in [0.29, 0.717) is 5.56 Å². The SMILES string of the molecule is COC(=O)C1(c2ccccc2)NC(c2ccccc2C)C2C(=O)N(c3ccc(F)cc3)C(=O)C21. The van der Waals surface area contributed by atoms with Crippen molar-refractivity contribution < 1.29 is 23.5 Å². The summed E-state index contributed by atoms with van der Waals surface area (Å²) in [5.74, 6) is -4.01. The number of carbonyl (C=O) groups excluding carboxylic acids is 3. The quantitative estimate of drug-likeness (QED) is 0.477. The smallest absolute Gasteiger partial charge is 0.331 e. The van der Waals surface area contributed by atoms with Gasteiger partial charge in [0.2, 0.25) is 11.8 Å². The fourth-order valence-electron chi connectivity index (χ4n) is 5.39. The first kappa shape index (κ1) is 22.0. The molecule has 0 aliphatic carbocycles. The molecule has 2 amide bonds. The Labute approximate surface area is 196 Å². The van der Waals surface area contributed by atoms with E-state index in [2.05, 4.69) is 5.32 Å². The number of ether oxygens (including phenoxy) is 1. The minimum absolute atomic E-state index is 0.265. The zero-order valence-corrected chi connectivity index (χ0v) is 18.7. The second-order valence-corrected chi connectivity index (χ2v) is 8.64. The molecule has 2 aliphatic heterocycles. The topological polar surface area (TPSA) is 75.7 Å². The van der Waals surface area contributed by atoms with Crippen molar-refractivity contribution in [2.24, 2.45) is 11.8 Å². The van der Waals surface area contributed by atoms with Crippen LogP contribution in [0, 0.1) is 24.6 Å². The number of benzene rings is 3. The number of rotatable bonds is 4. The van der Waals surface area contributed by atoms with E-state index < -0.39 is 47.0 Å². The standard InChI is InChI=1S/C27H23FN2O4/c1-16-8-6-7-11-20(16)23-21-22(25(32)30(24(21)31)19-14-12-18(28)13-15-19)27(29-23,26(33)34-2)17-9-4-3-5-10-17/h3-15,21-23,29H,1-2H3. The molecule has 4 atom stereocenters. The van der Waals surface area contributed by atoms with E-state index in [0.717, 1.165) is 16.0 Å². The summed E-state index contributed by atoms with van der Waals surface area (Å²) in [5, 5.41) is 3.37. The highest BCUT2D eigenvalue weighted by Crippen LogP contribution is 2.54. The van der Waals surface area contributed by atoms with Crippen molar-refractivity contribution in [3.63, 3.8) is 0 Å². The van der Waals surface area contributed by atoms with Crippen LogP contribution in [0.1, 0.15) is 22.7 Å². The maximum Gasteiger partial charge on any atom is 0.331 e. The molecule has 7 heteroatoms. The Morgan fingerprint density at radius 3 is 2.24 bits per heavy atom. The second-order valence-electron chi connectivity index (χ2n) is 8.64. The van der Waals surface area contributed by atoms with Gasteiger partial charge in [-0.25, -0.2) is 14.1 Å². The van der Waals surface area contributed by atoms with Crippen LogP contribution in [0.2, 0.25) is 0 Å². The lowest BCUT2D eigenvalue weighted by Gasteiger charge is -2.33. The normalized spacial score (nSPS) is 26.0. The molecule has 2 fully saturated rings. The zero-order valence-electron chi connectivity index (χ0n) is 18.7. The number of imide groups is 1. The number of fused-ring (bicyclic) bond motifs is 1. The Balaban J connectivity index is 1.74. The molecule has 0 aromatic heterocycles. The van der Waals surface area contributed by atoms with Gasteiger partial charge in [-0.3, -0.25) is 14.9 Å². The van der Waals surface area contributed by atoms with E-state index in [4.69, 9.17) is 4.74 Å². The van der Waals surface area contributed by atoms with Gasteiger partial charge in [0, 0.05) is 6.04 Å². The fraction of sp³-hybridized carbons (Fsp3) is 0.222. The van der Waals surface area contributed by atoms with Gasteiger partial charge in [0.25, 0.3) is 0 Å². The van der Waals surface area contributed by atoms with Gasteiger partial charge in [-0.05, 0) is 47.9 Å². The van der Waals surface area contributed by atoms with Crippen LogP contribution in [0.25, 0.3) is 0 Å². The summed E-state index contributed by atoms with van der Waals surface area (Å²) in [6.07, 6.45) is 0. The number of hydrogen-bond acceptors (Lipinski definition) is 5. The summed E-state index contributed by atoms with van der Waals surface area (Å²) in [7, 11) is 1.27. The molecular formula is C27H23FN2O4. The number of anilines is 1. The minimum atomic E-state index is -1.57. The Bertz CT molecular complexity index is 1280. The Morgan fingerprint density at radius 1 is 0.941 bits per heavy atom. The van der Waals surface area contributed by atoms with E-state index in [-0.39, 0.29) is 5.69 Å². The van der Waals surface area contributed by atoms with E-state index in [1.807, 2.05) is 37.3 Å². The highest BCUT2D eigenvalue weighted by atomic mass is 19.1. The molecule has 6 nitrogen and oxygen atoms in total. The Morgan fingerprint density at radius 2 is 1.59 bits per heavy atom. The number of hydrogen-bond donors (Lipinski definition) is 1. The van der Waals surface area contributed by atoms with Crippen LogP contribution < -0.4 is 10.2 Å². The van der Waals surface area contributed by atoms with Crippen LogP contribution in [-0.4, -0.2) is 24.9 Å². The lowest BCUT2D eigenvalue weighted by molar-refractivity contribution is -0.152. The minimum Gasteiger partial charge on any atom is -0.467 e. The van der Waals surface area contributed by atoms with Crippen LogP contribution in [0.15, 0.2) is 78.9 Å². The van der Waals surface area contributed by atoms with Crippen LogP contribution in [-0.2, 0) is 24.7 Å². The summed E-state index contributed by atoms with van der Waals surface area (Å²) < 4.78 is 18.8.